The van der Waals surface area contributed by atoms with Crippen molar-refractivity contribution in [3.8, 4) is 5.69 Å². The largest absolute Gasteiger partial charge is 0.350 e. The van der Waals surface area contributed by atoms with Crippen LogP contribution < -0.4 is 10.7 Å². The van der Waals surface area contributed by atoms with Gasteiger partial charge in [0.15, 0.2) is 5.69 Å². The Bertz CT molecular complexity index is 1160. The Kier molecular flexibility index (Phi) is 6.59. The van der Waals surface area contributed by atoms with Crippen molar-refractivity contribution in [2.75, 3.05) is 6.54 Å². The zero-order valence-electron chi connectivity index (χ0n) is 17.6. The molecular formula is C23H24N4O4. The van der Waals surface area contributed by atoms with Gasteiger partial charge in [0.1, 0.15) is 5.69 Å². The van der Waals surface area contributed by atoms with Gasteiger partial charge in [0.2, 0.25) is 5.43 Å². The molecule has 2 aromatic carbocycles. The maximum Gasteiger partial charge on any atom is 0.294 e. The van der Waals surface area contributed by atoms with E-state index in [-0.39, 0.29) is 28.9 Å². The molecule has 1 aromatic heterocycles. The van der Waals surface area contributed by atoms with Gasteiger partial charge >= 0.3 is 0 Å². The highest BCUT2D eigenvalue weighted by atomic mass is 16.6. The van der Waals surface area contributed by atoms with Crippen molar-refractivity contribution in [2.24, 2.45) is 5.92 Å². The molecule has 0 spiro atoms. The molecule has 0 aliphatic rings. The second-order valence-corrected chi connectivity index (χ2v) is 7.63. The highest BCUT2D eigenvalue weighted by Gasteiger charge is 2.22. The molecule has 1 N–H and O–H groups in total. The summed E-state index contributed by atoms with van der Waals surface area (Å²) in [5.41, 5.74) is 0.651. The maximum atomic E-state index is 12.8. The van der Waals surface area contributed by atoms with Crippen molar-refractivity contribution in [3.63, 3.8) is 0 Å². The van der Waals surface area contributed by atoms with E-state index in [0.717, 1.165) is 5.56 Å². The summed E-state index contributed by atoms with van der Waals surface area (Å²) in [6.45, 7) is 6.07. The van der Waals surface area contributed by atoms with E-state index in [4.69, 9.17) is 0 Å². The van der Waals surface area contributed by atoms with E-state index in [1.165, 1.54) is 22.9 Å². The van der Waals surface area contributed by atoms with Crippen LogP contribution in [0, 0.1) is 23.0 Å². The van der Waals surface area contributed by atoms with E-state index < -0.39 is 16.3 Å². The second-order valence-electron chi connectivity index (χ2n) is 7.63. The van der Waals surface area contributed by atoms with Crippen molar-refractivity contribution >= 4 is 11.6 Å². The summed E-state index contributed by atoms with van der Waals surface area (Å²) in [5, 5.41) is 18.4. The van der Waals surface area contributed by atoms with Crippen LogP contribution in [0.2, 0.25) is 0 Å². The van der Waals surface area contributed by atoms with Crippen LogP contribution in [0.5, 0.6) is 0 Å². The average Bonchev–Trinajstić information content (AvgIpc) is 2.74. The molecule has 0 radical (unpaired) electrons. The van der Waals surface area contributed by atoms with E-state index in [2.05, 4.69) is 24.3 Å². The first-order valence-electron chi connectivity index (χ1n) is 9.97. The van der Waals surface area contributed by atoms with Crippen LogP contribution in [0.3, 0.4) is 0 Å². The van der Waals surface area contributed by atoms with Crippen LogP contribution in [0.1, 0.15) is 41.5 Å². The van der Waals surface area contributed by atoms with Crippen LogP contribution in [0.4, 0.5) is 5.69 Å². The van der Waals surface area contributed by atoms with Gasteiger partial charge in [-0.1, -0.05) is 56.3 Å². The van der Waals surface area contributed by atoms with Crippen LogP contribution in [-0.4, -0.2) is 27.2 Å². The predicted molar refractivity (Wildman–Crippen MR) is 118 cm³/mol. The lowest BCUT2D eigenvalue weighted by molar-refractivity contribution is -0.384. The Morgan fingerprint density at radius 3 is 2.42 bits per heavy atom. The predicted octanol–water partition coefficient (Wildman–Crippen LogP) is 3.62. The highest BCUT2D eigenvalue weighted by Crippen LogP contribution is 2.24. The first kappa shape index (κ1) is 21.9. The van der Waals surface area contributed by atoms with Gasteiger partial charge in [-0.15, -0.1) is 0 Å². The molecule has 160 valence electrons. The van der Waals surface area contributed by atoms with E-state index in [9.17, 15) is 19.7 Å². The Morgan fingerprint density at radius 2 is 1.77 bits per heavy atom. The fraction of sp³-hybridized carbons (Fsp3) is 0.261. The maximum absolute atomic E-state index is 12.8. The normalized spacial score (nSPS) is 11.9. The number of amides is 1. The summed E-state index contributed by atoms with van der Waals surface area (Å²) in [7, 11) is 0. The summed E-state index contributed by atoms with van der Waals surface area (Å²) >= 11 is 0. The summed E-state index contributed by atoms with van der Waals surface area (Å²) in [4.78, 5) is 36.1. The number of hydrogen-bond donors (Lipinski definition) is 1. The molecule has 1 heterocycles. The standard InChI is InChI=1S/C23H24N4O4/c1-15(2)18(17-9-5-4-6-10-17)14-24-23(29)22-21(28)13-16(3)26(25-22)19-11-7-8-12-20(19)27(30)31/h4-13,15,18H,14H2,1-3H3,(H,24,29). The van der Waals surface area contributed by atoms with Crippen LogP contribution in [0.25, 0.3) is 5.69 Å². The Labute approximate surface area is 179 Å². The van der Waals surface area contributed by atoms with Gasteiger partial charge in [-0.3, -0.25) is 19.7 Å². The molecule has 0 saturated heterocycles. The number of nitrogens with zero attached hydrogens (tertiary/aromatic N) is 3. The van der Waals surface area contributed by atoms with Gasteiger partial charge in [0.25, 0.3) is 11.6 Å². The van der Waals surface area contributed by atoms with Gasteiger partial charge < -0.3 is 5.32 Å². The number of nitro groups is 1. The van der Waals surface area contributed by atoms with Crippen molar-refractivity contribution in [1.82, 2.24) is 15.1 Å². The van der Waals surface area contributed by atoms with E-state index in [1.54, 1.807) is 19.1 Å². The molecule has 8 heteroatoms. The number of aryl methyl sites for hydroxylation is 1. The molecule has 0 fully saturated rings. The lowest BCUT2D eigenvalue weighted by Gasteiger charge is -2.21. The van der Waals surface area contributed by atoms with Crippen molar-refractivity contribution < 1.29 is 9.72 Å². The molecule has 8 nitrogen and oxygen atoms in total. The van der Waals surface area contributed by atoms with Gasteiger partial charge in [0.05, 0.1) is 4.92 Å². The number of hydrogen-bond acceptors (Lipinski definition) is 5. The van der Waals surface area contributed by atoms with Crippen LogP contribution in [0.15, 0.2) is 65.5 Å². The number of nitrogens with one attached hydrogen (secondary N) is 1. The zero-order chi connectivity index (χ0) is 22.5. The summed E-state index contributed by atoms with van der Waals surface area (Å²) in [6.07, 6.45) is 0. The number of benzene rings is 2. The topological polar surface area (TPSA) is 107 Å². The third kappa shape index (κ3) is 4.85. The molecule has 1 unspecified atom stereocenters. The Hall–Kier alpha value is -3.81. The minimum atomic E-state index is -0.612. The second kappa shape index (κ2) is 9.34. The summed E-state index contributed by atoms with van der Waals surface area (Å²) < 4.78 is 1.26. The number of nitro benzene ring substituents is 1. The fourth-order valence-electron chi connectivity index (χ4n) is 3.47. The lowest BCUT2D eigenvalue weighted by atomic mass is 9.88. The molecule has 31 heavy (non-hydrogen) atoms. The monoisotopic (exact) mass is 420 g/mol. The van der Waals surface area contributed by atoms with Crippen LogP contribution in [-0.2, 0) is 0 Å². The van der Waals surface area contributed by atoms with Gasteiger partial charge in [0, 0.05) is 30.3 Å². The van der Waals surface area contributed by atoms with E-state index in [0.29, 0.717) is 12.2 Å². The smallest absolute Gasteiger partial charge is 0.294 e. The number of carbonyl (C=O) groups excluding carboxylic acids is 1. The Balaban J connectivity index is 1.91. The molecular weight excluding hydrogens is 396 g/mol. The number of aromatic nitrogens is 2. The molecule has 1 amide bonds. The SMILES string of the molecule is Cc1cc(=O)c(C(=O)NCC(c2ccccc2)C(C)C)nn1-c1ccccc1[N+](=O)[O-]. The van der Waals surface area contributed by atoms with Crippen molar-refractivity contribution in [3.05, 3.63) is 98.0 Å². The summed E-state index contributed by atoms with van der Waals surface area (Å²) in [5.74, 6) is -0.288. The molecule has 0 aliphatic heterocycles. The van der Waals surface area contributed by atoms with Gasteiger partial charge in [-0.05, 0) is 24.5 Å². The molecule has 0 aliphatic carbocycles. The molecule has 1 atom stereocenters. The number of para-hydroxylation sites is 2. The molecule has 0 saturated carbocycles. The van der Waals surface area contributed by atoms with Gasteiger partial charge in [-0.2, -0.15) is 5.10 Å². The van der Waals surface area contributed by atoms with Crippen molar-refractivity contribution in [2.45, 2.75) is 26.7 Å². The van der Waals surface area contributed by atoms with E-state index in [1.807, 2.05) is 30.3 Å². The zero-order valence-corrected chi connectivity index (χ0v) is 17.6. The summed E-state index contributed by atoms with van der Waals surface area (Å²) in [6, 6.07) is 17.1. The first-order chi connectivity index (χ1) is 14.8. The Morgan fingerprint density at radius 1 is 1.13 bits per heavy atom. The lowest BCUT2D eigenvalue weighted by Crippen LogP contribution is -2.35. The minimum absolute atomic E-state index is 0.0630. The van der Waals surface area contributed by atoms with Gasteiger partial charge in [-0.25, -0.2) is 4.68 Å². The quantitative estimate of drug-likeness (QED) is 0.464. The van der Waals surface area contributed by atoms with Crippen LogP contribution >= 0.6 is 0 Å². The molecule has 0 bridgehead atoms. The molecule has 3 rings (SSSR count). The number of rotatable bonds is 7. The fourth-order valence-corrected chi connectivity index (χ4v) is 3.47. The molecule has 3 aromatic rings. The number of carbonyl (C=O) groups is 1. The average molecular weight is 420 g/mol. The third-order valence-electron chi connectivity index (χ3n) is 5.14. The third-order valence-corrected chi connectivity index (χ3v) is 5.14. The van der Waals surface area contributed by atoms with E-state index >= 15 is 0 Å². The highest BCUT2D eigenvalue weighted by molar-refractivity contribution is 5.92. The first-order valence-corrected chi connectivity index (χ1v) is 9.97. The minimum Gasteiger partial charge on any atom is -0.350 e. The van der Waals surface area contributed by atoms with Crippen molar-refractivity contribution in [1.29, 1.82) is 0 Å².